The lowest BCUT2D eigenvalue weighted by atomic mass is 9.94. The van der Waals surface area contributed by atoms with Gasteiger partial charge in [0.15, 0.2) is 0 Å². The molecule has 0 radical (unpaired) electrons. The van der Waals surface area contributed by atoms with Crippen LogP contribution < -0.4 is 0 Å². The zero-order valence-electron chi connectivity index (χ0n) is 15.4. The minimum Gasteiger partial charge on any atom is -0.348 e. The first-order chi connectivity index (χ1) is 12.1. The van der Waals surface area contributed by atoms with Gasteiger partial charge in [-0.3, -0.25) is 9.59 Å². The fourth-order valence-corrected chi connectivity index (χ4v) is 4.08. The molecule has 25 heavy (non-hydrogen) atoms. The average molecular weight is 346 g/mol. The van der Waals surface area contributed by atoms with E-state index in [-0.39, 0.29) is 23.8 Å². The molecular formula is C19H30N4O2. The molecule has 3 heterocycles. The number of nitrogens with one attached hydrogen (secondary N) is 1. The topological polar surface area (TPSA) is 69.3 Å². The molecule has 2 atom stereocenters. The van der Waals surface area contributed by atoms with Crippen LogP contribution in [-0.4, -0.2) is 57.3 Å². The number of hydrogen-bond donors (Lipinski definition) is 1. The van der Waals surface area contributed by atoms with E-state index in [1.54, 1.807) is 6.20 Å². The van der Waals surface area contributed by atoms with Gasteiger partial charge in [0.25, 0.3) is 0 Å². The highest BCUT2D eigenvalue weighted by atomic mass is 16.2. The van der Waals surface area contributed by atoms with E-state index in [0.29, 0.717) is 18.9 Å². The first-order valence-electron chi connectivity index (χ1n) is 9.63. The van der Waals surface area contributed by atoms with Gasteiger partial charge in [-0.1, -0.05) is 13.8 Å². The minimum absolute atomic E-state index is 0.125. The molecule has 0 aromatic carbocycles. The van der Waals surface area contributed by atoms with E-state index < -0.39 is 0 Å². The molecular weight excluding hydrogens is 316 g/mol. The summed E-state index contributed by atoms with van der Waals surface area (Å²) in [5, 5.41) is 0. The van der Waals surface area contributed by atoms with E-state index in [0.717, 1.165) is 51.0 Å². The van der Waals surface area contributed by atoms with Crippen LogP contribution in [0.2, 0.25) is 0 Å². The maximum atomic E-state index is 13.3. The molecule has 1 N–H and O–H groups in total. The van der Waals surface area contributed by atoms with Crippen LogP contribution in [0.3, 0.4) is 0 Å². The summed E-state index contributed by atoms with van der Waals surface area (Å²) in [6.07, 6.45) is 8.91. The SMILES string of the molecule is CC(C)CC(C(=O)N1CCCC(c2ncc[nH]2)C1)N1CCCCC1=O. The van der Waals surface area contributed by atoms with Crippen molar-refractivity contribution in [3.05, 3.63) is 18.2 Å². The monoisotopic (exact) mass is 346 g/mol. The van der Waals surface area contributed by atoms with Crippen molar-refractivity contribution >= 4 is 11.8 Å². The second-order valence-electron chi connectivity index (χ2n) is 7.79. The Hall–Kier alpha value is -1.85. The Kier molecular flexibility index (Phi) is 5.76. The van der Waals surface area contributed by atoms with E-state index in [4.69, 9.17) is 0 Å². The third kappa shape index (κ3) is 4.22. The smallest absolute Gasteiger partial charge is 0.245 e. The summed E-state index contributed by atoms with van der Waals surface area (Å²) in [4.78, 5) is 37.1. The summed E-state index contributed by atoms with van der Waals surface area (Å²) in [6, 6.07) is -0.303. The van der Waals surface area contributed by atoms with Gasteiger partial charge in [-0.2, -0.15) is 0 Å². The highest BCUT2D eigenvalue weighted by molar-refractivity contribution is 5.88. The maximum Gasteiger partial charge on any atom is 0.245 e. The molecule has 6 nitrogen and oxygen atoms in total. The predicted octanol–water partition coefficient (Wildman–Crippen LogP) is 2.54. The van der Waals surface area contributed by atoms with Gasteiger partial charge < -0.3 is 14.8 Å². The van der Waals surface area contributed by atoms with Gasteiger partial charge in [-0.15, -0.1) is 0 Å². The molecule has 0 saturated carbocycles. The molecule has 1 aromatic heterocycles. The molecule has 2 unspecified atom stereocenters. The number of H-pyrrole nitrogens is 1. The molecule has 2 aliphatic heterocycles. The van der Waals surface area contributed by atoms with Crippen molar-refractivity contribution in [3.8, 4) is 0 Å². The lowest BCUT2D eigenvalue weighted by Gasteiger charge is -2.40. The lowest BCUT2D eigenvalue weighted by Crippen LogP contribution is -2.54. The van der Waals surface area contributed by atoms with Crippen LogP contribution in [0.4, 0.5) is 0 Å². The summed E-state index contributed by atoms with van der Waals surface area (Å²) in [7, 11) is 0. The van der Waals surface area contributed by atoms with E-state index >= 15 is 0 Å². The molecule has 2 amide bonds. The Balaban J connectivity index is 1.73. The molecule has 2 aliphatic rings. The van der Waals surface area contributed by atoms with Crippen molar-refractivity contribution in [1.29, 1.82) is 0 Å². The van der Waals surface area contributed by atoms with Gasteiger partial charge in [-0.25, -0.2) is 4.98 Å². The van der Waals surface area contributed by atoms with Gasteiger partial charge >= 0.3 is 0 Å². The van der Waals surface area contributed by atoms with Gasteiger partial charge in [-0.05, 0) is 38.0 Å². The summed E-state index contributed by atoms with van der Waals surface area (Å²) in [5.74, 6) is 1.89. The predicted molar refractivity (Wildman–Crippen MR) is 95.9 cm³/mol. The molecule has 2 saturated heterocycles. The van der Waals surface area contributed by atoms with Crippen LogP contribution in [0.5, 0.6) is 0 Å². The van der Waals surface area contributed by atoms with Crippen LogP contribution in [-0.2, 0) is 9.59 Å². The van der Waals surface area contributed by atoms with Crippen molar-refractivity contribution in [2.75, 3.05) is 19.6 Å². The Labute approximate surface area is 150 Å². The number of amides is 2. The van der Waals surface area contributed by atoms with Gasteiger partial charge in [0.2, 0.25) is 11.8 Å². The van der Waals surface area contributed by atoms with Gasteiger partial charge in [0, 0.05) is 44.4 Å². The molecule has 3 rings (SSSR count). The van der Waals surface area contributed by atoms with Crippen molar-refractivity contribution in [1.82, 2.24) is 19.8 Å². The summed E-state index contributed by atoms with van der Waals surface area (Å²) >= 11 is 0. The van der Waals surface area contributed by atoms with Crippen molar-refractivity contribution in [3.63, 3.8) is 0 Å². The number of likely N-dealkylation sites (tertiary alicyclic amines) is 2. The normalized spacial score (nSPS) is 23.2. The van der Waals surface area contributed by atoms with Crippen LogP contribution in [0.25, 0.3) is 0 Å². The number of hydrogen-bond acceptors (Lipinski definition) is 3. The summed E-state index contributed by atoms with van der Waals surface area (Å²) in [5.41, 5.74) is 0. The van der Waals surface area contributed by atoms with E-state index in [9.17, 15) is 9.59 Å². The highest BCUT2D eigenvalue weighted by Crippen LogP contribution is 2.27. The average Bonchev–Trinajstić information content (AvgIpc) is 3.14. The second-order valence-corrected chi connectivity index (χ2v) is 7.79. The van der Waals surface area contributed by atoms with Crippen molar-refractivity contribution in [2.45, 2.75) is 64.3 Å². The van der Waals surface area contributed by atoms with E-state index in [1.807, 2.05) is 16.0 Å². The van der Waals surface area contributed by atoms with E-state index in [2.05, 4.69) is 23.8 Å². The van der Waals surface area contributed by atoms with Crippen molar-refractivity contribution in [2.24, 2.45) is 5.92 Å². The number of piperidine rings is 2. The third-order valence-corrected chi connectivity index (χ3v) is 5.36. The Morgan fingerprint density at radius 2 is 2.16 bits per heavy atom. The first-order valence-corrected chi connectivity index (χ1v) is 9.63. The zero-order valence-corrected chi connectivity index (χ0v) is 15.4. The molecule has 6 heteroatoms. The maximum absolute atomic E-state index is 13.3. The number of nitrogens with zero attached hydrogens (tertiary/aromatic N) is 3. The number of aromatic amines is 1. The number of imidazole rings is 1. The number of carbonyl (C=O) groups is 2. The van der Waals surface area contributed by atoms with Crippen LogP contribution >= 0.6 is 0 Å². The first kappa shape index (κ1) is 18.0. The molecule has 138 valence electrons. The largest absolute Gasteiger partial charge is 0.348 e. The zero-order chi connectivity index (χ0) is 17.8. The Morgan fingerprint density at radius 3 is 2.84 bits per heavy atom. The lowest BCUT2D eigenvalue weighted by molar-refractivity contribution is -0.148. The Morgan fingerprint density at radius 1 is 1.32 bits per heavy atom. The standard InChI is InChI=1S/C19H30N4O2/c1-14(2)12-16(23-11-4-3-7-17(23)24)19(25)22-10-5-6-15(13-22)18-20-8-9-21-18/h8-9,14-16H,3-7,10-13H2,1-2H3,(H,20,21). The minimum atomic E-state index is -0.303. The highest BCUT2D eigenvalue weighted by Gasteiger charge is 2.36. The van der Waals surface area contributed by atoms with Gasteiger partial charge in [0.1, 0.15) is 11.9 Å². The summed E-state index contributed by atoms with van der Waals surface area (Å²) < 4.78 is 0. The summed E-state index contributed by atoms with van der Waals surface area (Å²) in [6.45, 7) is 6.44. The molecule has 0 spiro atoms. The number of rotatable bonds is 5. The molecule has 1 aromatic rings. The quantitative estimate of drug-likeness (QED) is 0.891. The number of aromatic nitrogens is 2. The second kappa shape index (κ2) is 8.02. The van der Waals surface area contributed by atoms with Crippen LogP contribution in [0.1, 0.15) is 64.1 Å². The fourth-order valence-electron chi connectivity index (χ4n) is 4.08. The third-order valence-electron chi connectivity index (χ3n) is 5.36. The van der Waals surface area contributed by atoms with Crippen LogP contribution in [0.15, 0.2) is 12.4 Å². The van der Waals surface area contributed by atoms with Crippen molar-refractivity contribution < 1.29 is 9.59 Å². The molecule has 0 aliphatic carbocycles. The van der Waals surface area contributed by atoms with E-state index in [1.165, 1.54) is 0 Å². The fraction of sp³-hybridized carbons (Fsp3) is 0.737. The Bertz CT molecular complexity index is 584. The molecule has 0 bridgehead atoms. The number of carbonyl (C=O) groups excluding carboxylic acids is 2. The van der Waals surface area contributed by atoms with Crippen LogP contribution in [0, 0.1) is 5.92 Å². The van der Waals surface area contributed by atoms with Gasteiger partial charge in [0.05, 0.1) is 0 Å². The molecule has 2 fully saturated rings.